The third-order valence-corrected chi connectivity index (χ3v) is 4.82. The van der Waals surface area contributed by atoms with E-state index in [0.29, 0.717) is 6.61 Å². The van der Waals surface area contributed by atoms with Gasteiger partial charge in [0.05, 0.1) is 6.61 Å². The predicted molar refractivity (Wildman–Crippen MR) is 108 cm³/mol. The Labute approximate surface area is 161 Å². The van der Waals surface area contributed by atoms with Gasteiger partial charge in [0, 0.05) is 18.3 Å². The average Bonchev–Trinajstić information content (AvgIpc) is 2.67. The molecule has 3 rings (SSSR count). The number of nitrogens with one attached hydrogen (secondary N) is 1. The summed E-state index contributed by atoms with van der Waals surface area (Å²) in [5, 5.41) is 3.17. The van der Waals surface area contributed by atoms with Gasteiger partial charge < -0.3 is 19.5 Å². The molecule has 1 aliphatic heterocycles. The highest BCUT2D eigenvalue weighted by Crippen LogP contribution is 2.44. The van der Waals surface area contributed by atoms with Crippen LogP contribution in [0.4, 0.5) is 5.69 Å². The summed E-state index contributed by atoms with van der Waals surface area (Å²) in [4.78, 5) is 0. The van der Waals surface area contributed by atoms with Crippen molar-refractivity contribution in [3.05, 3.63) is 59.7 Å². The van der Waals surface area contributed by atoms with Crippen LogP contribution >= 0.6 is 0 Å². The molecule has 0 aromatic heterocycles. The Morgan fingerprint density at radius 1 is 1.15 bits per heavy atom. The minimum Gasteiger partial charge on any atom is -0.485 e. The largest absolute Gasteiger partial charge is 0.485 e. The molecule has 0 aliphatic carbocycles. The van der Waals surface area contributed by atoms with Gasteiger partial charge in [-0.05, 0) is 44.0 Å². The Balaban J connectivity index is 1.86. The second-order valence-electron chi connectivity index (χ2n) is 7.17. The molecule has 1 N–H and O–H groups in total. The number of rotatable bonds is 7. The average molecular weight is 365 g/mol. The van der Waals surface area contributed by atoms with Crippen molar-refractivity contribution < 1.29 is 14.2 Å². The van der Waals surface area contributed by atoms with Gasteiger partial charge in [-0.1, -0.05) is 36.3 Å². The van der Waals surface area contributed by atoms with E-state index in [1.165, 1.54) is 5.56 Å². The van der Waals surface area contributed by atoms with E-state index in [2.05, 4.69) is 29.4 Å². The van der Waals surface area contributed by atoms with Gasteiger partial charge in [-0.25, -0.2) is 0 Å². The van der Waals surface area contributed by atoms with Gasteiger partial charge in [0.1, 0.15) is 30.2 Å². The highest BCUT2D eigenvalue weighted by atomic mass is 16.6. The number of anilines is 1. The molecular weight excluding hydrogens is 338 g/mol. The molecular formula is C23H27NO3. The summed E-state index contributed by atoms with van der Waals surface area (Å²) in [5.41, 5.74) is 2.68. The molecule has 2 aromatic carbocycles. The minimum atomic E-state index is -0.553. The molecule has 142 valence electrons. The topological polar surface area (TPSA) is 39.7 Å². The lowest BCUT2D eigenvalue weighted by molar-refractivity contribution is -0.156. The number of ether oxygens (including phenoxy) is 3. The van der Waals surface area contributed by atoms with E-state index in [4.69, 9.17) is 20.6 Å². The number of fused-ring (bicyclic) bond motifs is 1. The number of hydrogen-bond donors (Lipinski definition) is 1. The van der Waals surface area contributed by atoms with Crippen LogP contribution in [-0.2, 0) is 15.9 Å². The van der Waals surface area contributed by atoms with E-state index in [0.717, 1.165) is 23.4 Å². The molecule has 0 amide bonds. The van der Waals surface area contributed by atoms with Gasteiger partial charge in [0.15, 0.2) is 0 Å². The lowest BCUT2D eigenvalue weighted by atomic mass is 9.87. The molecule has 4 nitrogen and oxygen atoms in total. The van der Waals surface area contributed by atoms with Crippen LogP contribution in [0.3, 0.4) is 0 Å². The van der Waals surface area contributed by atoms with Crippen molar-refractivity contribution in [1.82, 2.24) is 0 Å². The molecule has 0 bridgehead atoms. The second kappa shape index (κ2) is 8.47. The molecule has 1 heterocycles. The molecule has 0 saturated carbocycles. The van der Waals surface area contributed by atoms with Gasteiger partial charge in [0.2, 0.25) is 0 Å². The smallest absolute Gasteiger partial charge is 0.132 e. The third-order valence-electron chi connectivity index (χ3n) is 4.82. The summed E-state index contributed by atoms with van der Waals surface area (Å²) in [6.45, 7) is 4.83. The molecule has 2 aromatic rings. The van der Waals surface area contributed by atoms with Gasteiger partial charge in [-0.15, -0.1) is 6.42 Å². The van der Waals surface area contributed by atoms with Crippen molar-refractivity contribution in [3.8, 4) is 18.1 Å². The lowest BCUT2D eigenvalue weighted by Crippen LogP contribution is -2.51. The lowest BCUT2D eigenvalue weighted by Gasteiger charge is -2.44. The highest BCUT2D eigenvalue weighted by Gasteiger charge is 2.45. The Bertz CT molecular complexity index is 795. The zero-order valence-corrected chi connectivity index (χ0v) is 16.2. The fraction of sp³-hybridized carbons (Fsp3) is 0.391. The minimum absolute atomic E-state index is 0.219. The Kier molecular flexibility index (Phi) is 6.05. The van der Waals surface area contributed by atoms with Crippen LogP contribution in [0.1, 0.15) is 31.1 Å². The Morgan fingerprint density at radius 2 is 1.93 bits per heavy atom. The molecule has 2 atom stereocenters. The molecule has 27 heavy (non-hydrogen) atoms. The standard InChI is InChI=1S/C23H27NO3/c1-5-14-26-22-21(25-15-13-17-9-7-6-8-10-17)19-16-18(24-4)11-12-20(19)27-23(22,2)3/h1,6-12,16,21-22,24H,13-15H2,2-4H3. The highest BCUT2D eigenvalue weighted by molar-refractivity contribution is 5.53. The summed E-state index contributed by atoms with van der Waals surface area (Å²) in [5.74, 6) is 3.38. The molecule has 2 unspecified atom stereocenters. The van der Waals surface area contributed by atoms with Crippen molar-refractivity contribution in [3.63, 3.8) is 0 Å². The summed E-state index contributed by atoms with van der Waals surface area (Å²) in [7, 11) is 1.90. The molecule has 0 spiro atoms. The quantitative estimate of drug-likeness (QED) is 0.746. The maximum Gasteiger partial charge on any atom is 0.132 e. The van der Waals surface area contributed by atoms with Gasteiger partial charge in [-0.2, -0.15) is 0 Å². The fourth-order valence-corrected chi connectivity index (χ4v) is 3.44. The van der Waals surface area contributed by atoms with Crippen LogP contribution < -0.4 is 10.1 Å². The Hall–Kier alpha value is -2.48. The summed E-state index contributed by atoms with van der Waals surface area (Å²) >= 11 is 0. The summed E-state index contributed by atoms with van der Waals surface area (Å²) in [6.07, 6.45) is 5.71. The van der Waals surface area contributed by atoms with Gasteiger partial charge in [0.25, 0.3) is 0 Å². The summed E-state index contributed by atoms with van der Waals surface area (Å²) < 4.78 is 18.6. The van der Waals surface area contributed by atoms with Crippen LogP contribution in [0.15, 0.2) is 48.5 Å². The maximum atomic E-state index is 6.36. The maximum absolute atomic E-state index is 6.36. The first kappa shape index (κ1) is 19.3. The second-order valence-corrected chi connectivity index (χ2v) is 7.17. The van der Waals surface area contributed by atoms with Crippen molar-refractivity contribution in [1.29, 1.82) is 0 Å². The number of benzene rings is 2. The van der Waals surface area contributed by atoms with Crippen LogP contribution in [0.25, 0.3) is 0 Å². The zero-order valence-electron chi connectivity index (χ0n) is 16.2. The van der Waals surface area contributed by atoms with E-state index in [1.54, 1.807) is 0 Å². The van der Waals surface area contributed by atoms with E-state index in [9.17, 15) is 0 Å². The van der Waals surface area contributed by atoms with Crippen molar-refractivity contribution >= 4 is 5.69 Å². The SMILES string of the molecule is C#CCOC1C(OCCc2ccccc2)c2cc(NC)ccc2OC1(C)C. The first-order valence-corrected chi connectivity index (χ1v) is 9.26. The molecule has 1 aliphatic rings. The van der Waals surface area contributed by atoms with Gasteiger partial charge in [-0.3, -0.25) is 0 Å². The first-order chi connectivity index (χ1) is 13.0. The fourth-order valence-electron chi connectivity index (χ4n) is 3.44. The van der Waals surface area contributed by atoms with E-state index in [1.807, 2.05) is 51.2 Å². The van der Waals surface area contributed by atoms with E-state index in [-0.39, 0.29) is 18.8 Å². The summed E-state index contributed by atoms with van der Waals surface area (Å²) in [6, 6.07) is 16.4. The Morgan fingerprint density at radius 3 is 2.63 bits per heavy atom. The van der Waals surface area contributed by atoms with E-state index >= 15 is 0 Å². The van der Waals surface area contributed by atoms with Crippen molar-refractivity contribution in [2.24, 2.45) is 0 Å². The predicted octanol–water partition coefficient (Wildman–Crippen LogP) is 4.22. The number of terminal acetylenes is 1. The van der Waals surface area contributed by atoms with Crippen LogP contribution in [0.5, 0.6) is 5.75 Å². The molecule has 0 saturated heterocycles. The van der Waals surface area contributed by atoms with Crippen LogP contribution in [-0.4, -0.2) is 32.0 Å². The third kappa shape index (κ3) is 4.44. The van der Waals surface area contributed by atoms with Crippen LogP contribution in [0, 0.1) is 12.3 Å². The molecule has 0 fully saturated rings. The van der Waals surface area contributed by atoms with Crippen molar-refractivity contribution in [2.45, 2.75) is 38.1 Å². The monoisotopic (exact) mass is 365 g/mol. The molecule has 4 heteroatoms. The molecule has 0 radical (unpaired) electrons. The number of hydrogen-bond acceptors (Lipinski definition) is 4. The normalized spacial score (nSPS) is 20.2. The van der Waals surface area contributed by atoms with Crippen molar-refractivity contribution in [2.75, 3.05) is 25.6 Å². The van der Waals surface area contributed by atoms with Crippen LogP contribution in [0.2, 0.25) is 0 Å². The zero-order chi connectivity index (χ0) is 19.3. The van der Waals surface area contributed by atoms with E-state index < -0.39 is 5.60 Å². The first-order valence-electron chi connectivity index (χ1n) is 9.26. The van der Waals surface area contributed by atoms with Gasteiger partial charge >= 0.3 is 0 Å².